The Morgan fingerprint density at radius 2 is 2.00 bits per heavy atom. The Labute approximate surface area is 115 Å². The molecule has 1 aromatic heterocycles. The summed E-state index contributed by atoms with van der Waals surface area (Å²) in [6, 6.07) is 3.47. The number of nitrogens with one attached hydrogen (secondary N) is 2. The van der Waals surface area contributed by atoms with E-state index in [2.05, 4.69) is 29.6 Å². The third-order valence-electron chi connectivity index (χ3n) is 2.67. The zero-order chi connectivity index (χ0) is 14.6. The number of nitrogens with zero attached hydrogens (tertiary/aromatic N) is 1. The van der Waals surface area contributed by atoms with Crippen LogP contribution in [0.25, 0.3) is 0 Å². The minimum absolute atomic E-state index is 0.0990. The summed E-state index contributed by atoms with van der Waals surface area (Å²) < 4.78 is 0. The number of pyridine rings is 1. The Balaban J connectivity index is 3.03. The minimum atomic E-state index is -0.139. The lowest BCUT2D eigenvalue weighted by Gasteiger charge is -2.19. The second kappa shape index (κ2) is 6.02. The molecule has 0 unspecified atom stereocenters. The predicted molar refractivity (Wildman–Crippen MR) is 77.9 cm³/mol. The SMILES string of the molecule is CC(C)CNC(=O)c1cc(NN)nc(C(C)(C)C)c1. The molecule has 0 aromatic carbocycles. The van der Waals surface area contributed by atoms with Gasteiger partial charge in [-0.3, -0.25) is 4.79 Å². The maximum Gasteiger partial charge on any atom is 0.251 e. The third-order valence-corrected chi connectivity index (χ3v) is 2.67. The smallest absolute Gasteiger partial charge is 0.251 e. The average molecular weight is 264 g/mol. The third kappa shape index (κ3) is 4.52. The standard InChI is InChI=1S/C14H24N4O/c1-9(2)8-16-13(19)10-6-11(14(3,4)5)17-12(7-10)18-15/h6-7,9H,8,15H2,1-5H3,(H,16,19)(H,17,18). The molecule has 0 aliphatic heterocycles. The van der Waals surface area contributed by atoms with Gasteiger partial charge in [-0.1, -0.05) is 34.6 Å². The number of hydrazine groups is 1. The zero-order valence-electron chi connectivity index (χ0n) is 12.4. The van der Waals surface area contributed by atoms with Gasteiger partial charge in [0.1, 0.15) is 5.82 Å². The Bertz CT molecular complexity index is 449. The van der Waals surface area contributed by atoms with Gasteiger partial charge in [0, 0.05) is 23.2 Å². The van der Waals surface area contributed by atoms with Gasteiger partial charge >= 0.3 is 0 Å². The highest BCUT2D eigenvalue weighted by Gasteiger charge is 2.19. The summed E-state index contributed by atoms with van der Waals surface area (Å²) in [6.07, 6.45) is 0. The molecule has 0 spiro atoms. The van der Waals surface area contributed by atoms with E-state index in [4.69, 9.17) is 5.84 Å². The van der Waals surface area contributed by atoms with E-state index in [1.807, 2.05) is 26.8 Å². The fourth-order valence-electron chi connectivity index (χ4n) is 1.52. The van der Waals surface area contributed by atoms with Crippen LogP contribution in [0.1, 0.15) is 50.7 Å². The van der Waals surface area contributed by atoms with Crippen LogP contribution in [0.5, 0.6) is 0 Å². The number of hydrogen-bond acceptors (Lipinski definition) is 4. The van der Waals surface area contributed by atoms with E-state index in [-0.39, 0.29) is 11.3 Å². The second-order valence-corrected chi connectivity index (χ2v) is 6.12. The van der Waals surface area contributed by atoms with Crippen molar-refractivity contribution in [2.24, 2.45) is 11.8 Å². The first-order valence-electron chi connectivity index (χ1n) is 6.51. The number of aromatic nitrogens is 1. The van der Waals surface area contributed by atoms with Gasteiger partial charge in [-0.15, -0.1) is 0 Å². The number of anilines is 1. The zero-order valence-corrected chi connectivity index (χ0v) is 12.4. The molecule has 0 saturated carbocycles. The molecule has 0 aliphatic rings. The molecule has 4 N–H and O–H groups in total. The van der Waals surface area contributed by atoms with Crippen LogP contribution >= 0.6 is 0 Å². The lowest BCUT2D eigenvalue weighted by molar-refractivity contribution is 0.0949. The summed E-state index contributed by atoms with van der Waals surface area (Å²) in [5.41, 5.74) is 3.78. The maximum atomic E-state index is 12.1. The van der Waals surface area contributed by atoms with Crippen molar-refractivity contribution >= 4 is 11.7 Å². The molecule has 1 heterocycles. The summed E-state index contributed by atoms with van der Waals surface area (Å²) in [6.45, 7) is 10.9. The molecule has 1 aromatic rings. The van der Waals surface area contributed by atoms with Gasteiger partial charge < -0.3 is 10.7 Å². The van der Waals surface area contributed by atoms with E-state index in [0.717, 1.165) is 5.69 Å². The summed E-state index contributed by atoms with van der Waals surface area (Å²) in [7, 11) is 0. The van der Waals surface area contributed by atoms with Crippen LogP contribution < -0.4 is 16.6 Å². The van der Waals surface area contributed by atoms with Gasteiger partial charge in [0.2, 0.25) is 0 Å². The maximum absolute atomic E-state index is 12.1. The van der Waals surface area contributed by atoms with Crippen molar-refractivity contribution < 1.29 is 4.79 Å². The number of nitrogen functional groups attached to an aromatic ring is 1. The first-order chi connectivity index (χ1) is 8.74. The molecule has 0 aliphatic carbocycles. The van der Waals surface area contributed by atoms with Crippen LogP contribution in [0.15, 0.2) is 12.1 Å². The molecule has 106 valence electrons. The van der Waals surface area contributed by atoms with Gasteiger partial charge in [-0.2, -0.15) is 0 Å². The molecule has 0 radical (unpaired) electrons. The summed E-state index contributed by atoms with van der Waals surface area (Å²) >= 11 is 0. The van der Waals surface area contributed by atoms with E-state index in [9.17, 15) is 4.79 Å². The molecule has 5 heteroatoms. The first-order valence-corrected chi connectivity index (χ1v) is 6.51. The summed E-state index contributed by atoms with van der Waals surface area (Å²) in [5.74, 6) is 6.23. The largest absolute Gasteiger partial charge is 0.352 e. The molecule has 19 heavy (non-hydrogen) atoms. The number of hydrogen-bond donors (Lipinski definition) is 3. The van der Waals surface area contributed by atoms with Crippen LogP contribution in [-0.4, -0.2) is 17.4 Å². The van der Waals surface area contributed by atoms with Crippen molar-refractivity contribution in [1.82, 2.24) is 10.3 Å². The Hall–Kier alpha value is -1.62. The van der Waals surface area contributed by atoms with Crippen molar-refractivity contribution in [2.45, 2.75) is 40.0 Å². The Kier molecular flexibility index (Phi) is 4.89. The Morgan fingerprint density at radius 3 is 2.47 bits per heavy atom. The van der Waals surface area contributed by atoms with Crippen molar-refractivity contribution in [1.29, 1.82) is 0 Å². The number of carbonyl (C=O) groups excluding carboxylic acids is 1. The van der Waals surface area contributed by atoms with E-state index >= 15 is 0 Å². The van der Waals surface area contributed by atoms with Crippen molar-refractivity contribution in [2.75, 3.05) is 12.0 Å². The number of rotatable bonds is 4. The van der Waals surface area contributed by atoms with Gasteiger partial charge in [0.15, 0.2) is 0 Å². The van der Waals surface area contributed by atoms with Crippen molar-refractivity contribution in [3.05, 3.63) is 23.4 Å². The summed E-state index contributed by atoms with van der Waals surface area (Å²) in [4.78, 5) is 16.5. The van der Waals surface area contributed by atoms with Gasteiger partial charge in [0.05, 0.1) is 0 Å². The normalized spacial score (nSPS) is 11.5. The highest BCUT2D eigenvalue weighted by atomic mass is 16.1. The summed E-state index contributed by atoms with van der Waals surface area (Å²) in [5, 5.41) is 2.89. The highest BCUT2D eigenvalue weighted by Crippen LogP contribution is 2.23. The lowest BCUT2D eigenvalue weighted by atomic mass is 9.90. The van der Waals surface area contributed by atoms with E-state index in [0.29, 0.717) is 23.8 Å². The fourth-order valence-corrected chi connectivity index (χ4v) is 1.52. The number of amides is 1. The highest BCUT2D eigenvalue weighted by molar-refractivity contribution is 5.95. The van der Waals surface area contributed by atoms with E-state index in [1.165, 1.54) is 0 Å². The second-order valence-electron chi connectivity index (χ2n) is 6.12. The van der Waals surface area contributed by atoms with Crippen LogP contribution in [0.2, 0.25) is 0 Å². The van der Waals surface area contributed by atoms with Gasteiger partial charge in [0.25, 0.3) is 5.91 Å². The quantitative estimate of drug-likeness (QED) is 0.574. The molecular formula is C14H24N4O. The lowest BCUT2D eigenvalue weighted by Crippen LogP contribution is -2.28. The van der Waals surface area contributed by atoms with Crippen LogP contribution in [0.3, 0.4) is 0 Å². The molecule has 0 saturated heterocycles. The van der Waals surface area contributed by atoms with Crippen LogP contribution in [0, 0.1) is 5.92 Å². The van der Waals surface area contributed by atoms with Crippen molar-refractivity contribution in [3.63, 3.8) is 0 Å². The molecule has 0 fully saturated rings. The Morgan fingerprint density at radius 1 is 1.37 bits per heavy atom. The molecular weight excluding hydrogens is 240 g/mol. The molecule has 1 amide bonds. The average Bonchev–Trinajstić information content (AvgIpc) is 2.34. The first kappa shape index (κ1) is 15.4. The molecule has 1 rings (SSSR count). The predicted octanol–water partition coefficient (Wildman–Crippen LogP) is 2.05. The minimum Gasteiger partial charge on any atom is -0.352 e. The molecule has 5 nitrogen and oxygen atoms in total. The van der Waals surface area contributed by atoms with E-state index < -0.39 is 0 Å². The van der Waals surface area contributed by atoms with Crippen molar-refractivity contribution in [3.8, 4) is 0 Å². The molecule has 0 bridgehead atoms. The number of carbonyl (C=O) groups is 1. The topological polar surface area (TPSA) is 80.0 Å². The van der Waals surface area contributed by atoms with Crippen LogP contribution in [0.4, 0.5) is 5.82 Å². The number of nitrogens with two attached hydrogens (primary N) is 1. The fraction of sp³-hybridized carbons (Fsp3) is 0.571. The van der Waals surface area contributed by atoms with Gasteiger partial charge in [-0.25, -0.2) is 10.8 Å². The van der Waals surface area contributed by atoms with E-state index in [1.54, 1.807) is 6.07 Å². The monoisotopic (exact) mass is 264 g/mol. The molecule has 0 atom stereocenters. The van der Waals surface area contributed by atoms with Gasteiger partial charge in [-0.05, 0) is 18.1 Å². The van der Waals surface area contributed by atoms with Crippen LogP contribution in [-0.2, 0) is 5.41 Å².